The van der Waals surface area contributed by atoms with Gasteiger partial charge in [0.25, 0.3) is 0 Å². The summed E-state index contributed by atoms with van der Waals surface area (Å²) in [5.41, 5.74) is 2.19. The predicted octanol–water partition coefficient (Wildman–Crippen LogP) is 3.76. The van der Waals surface area contributed by atoms with Gasteiger partial charge in [-0.05, 0) is 55.7 Å². The largest absolute Gasteiger partial charge is 0.497 e. The summed E-state index contributed by atoms with van der Waals surface area (Å²) in [5.74, 6) is 3.05. The molecule has 0 fully saturated rings. The van der Waals surface area contributed by atoms with Gasteiger partial charge in [0.2, 0.25) is 0 Å². The Morgan fingerprint density at radius 3 is 2.32 bits per heavy atom. The van der Waals surface area contributed by atoms with Gasteiger partial charge >= 0.3 is 0 Å². The number of methoxy groups -OCH3 is 2. The first kappa shape index (κ1) is 24.3. The quantitative estimate of drug-likeness (QED) is 0.287. The van der Waals surface area contributed by atoms with Crippen LogP contribution in [0.1, 0.15) is 31.4 Å². The van der Waals surface area contributed by atoms with Crippen molar-refractivity contribution in [3.05, 3.63) is 53.6 Å². The van der Waals surface area contributed by atoms with Crippen molar-refractivity contribution in [3.8, 4) is 17.2 Å². The number of nitrogens with zero attached hydrogens (tertiary/aromatic N) is 1. The van der Waals surface area contributed by atoms with Gasteiger partial charge in [-0.3, -0.25) is 0 Å². The third-order valence-electron chi connectivity index (χ3n) is 4.53. The van der Waals surface area contributed by atoms with Gasteiger partial charge in [0.05, 0.1) is 27.4 Å². The van der Waals surface area contributed by atoms with Crippen LogP contribution >= 0.6 is 0 Å². The number of aliphatic imine (C=N–C) groups is 1. The summed E-state index contributed by atoms with van der Waals surface area (Å²) < 4.78 is 21.7. The van der Waals surface area contributed by atoms with Gasteiger partial charge in [-0.1, -0.05) is 18.2 Å². The van der Waals surface area contributed by atoms with E-state index in [0.717, 1.165) is 54.8 Å². The summed E-state index contributed by atoms with van der Waals surface area (Å²) >= 11 is 0. The lowest BCUT2D eigenvalue weighted by Gasteiger charge is -2.14. The third kappa shape index (κ3) is 8.76. The highest BCUT2D eigenvalue weighted by atomic mass is 16.5. The standard InChI is InChI=1S/C24H35N3O4/c1-5-30-15-7-14-25-24(26-17-19-8-11-21(28-3)12-9-19)27-18-20-10-13-22(31-6-2)23(16-20)29-4/h8-13,16H,5-7,14-15,17-18H2,1-4H3,(H2,25,26,27). The average molecular weight is 430 g/mol. The molecule has 0 aliphatic heterocycles. The Morgan fingerprint density at radius 2 is 1.65 bits per heavy atom. The Hall–Kier alpha value is -2.93. The van der Waals surface area contributed by atoms with E-state index >= 15 is 0 Å². The van der Waals surface area contributed by atoms with E-state index in [2.05, 4.69) is 10.6 Å². The summed E-state index contributed by atoms with van der Waals surface area (Å²) in [4.78, 5) is 4.74. The van der Waals surface area contributed by atoms with E-state index in [1.165, 1.54) is 0 Å². The van der Waals surface area contributed by atoms with Crippen LogP contribution in [0.5, 0.6) is 17.2 Å². The van der Waals surface area contributed by atoms with Crippen LogP contribution in [0.4, 0.5) is 0 Å². The highest BCUT2D eigenvalue weighted by Gasteiger charge is 2.06. The molecule has 0 amide bonds. The molecular weight excluding hydrogens is 394 g/mol. The molecule has 31 heavy (non-hydrogen) atoms. The topological polar surface area (TPSA) is 73.3 Å². The molecule has 0 aliphatic rings. The first-order valence-corrected chi connectivity index (χ1v) is 10.7. The van der Waals surface area contributed by atoms with E-state index in [1.54, 1.807) is 14.2 Å². The molecule has 0 spiro atoms. The van der Waals surface area contributed by atoms with E-state index in [4.69, 9.17) is 23.9 Å². The maximum absolute atomic E-state index is 5.59. The van der Waals surface area contributed by atoms with Crippen molar-refractivity contribution >= 4 is 5.96 Å². The fourth-order valence-corrected chi connectivity index (χ4v) is 2.88. The number of nitrogens with one attached hydrogen (secondary N) is 2. The Balaban J connectivity index is 2.02. The van der Waals surface area contributed by atoms with E-state index < -0.39 is 0 Å². The van der Waals surface area contributed by atoms with E-state index in [0.29, 0.717) is 25.4 Å². The van der Waals surface area contributed by atoms with E-state index in [9.17, 15) is 0 Å². The van der Waals surface area contributed by atoms with Crippen LogP contribution in [0.2, 0.25) is 0 Å². The van der Waals surface area contributed by atoms with Gasteiger partial charge < -0.3 is 29.6 Å². The van der Waals surface area contributed by atoms with Gasteiger partial charge in [-0.25, -0.2) is 4.99 Å². The van der Waals surface area contributed by atoms with Crippen LogP contribution in [0.3, 0.4) is 0 Å². The van der Waals surface area contributed by atoms with E-state index in [1.807, 2.05) is 56.3 Å². The molecule has 7 heteroatoms. The normalized spacial score (nSPS) is 11.2. The lowest BCUT2D eigenvalue weighted by molar-refractivity contribution is 0.145. The van der Waals surface area contributed by atoms with Crippen LogP contribution in [-0.4, -0.2) is 46.5 Å². The second-order valence-electron chi connectivity index (χ2n) is 6.76. The molecule has 2 rings (SSSR count). The summed E-state index contributed by atoms with van der Waals surface area (Å²) in [7, 11) is 3.31. The molecule has 0 heterocycles. The second kappa shape index (κ2) is 14.1. The van der Waals surface area contributed by atoms with Gasteiger partial charge in [-0.2, -0.15) is 0 Å². The summed E-state index contributed by atoms with van der Waals surface area (Å²) in [6, 6.07) is 13.9. The lowest BCUT2D eigenvalue weighted by Crippen LogP contribution is -2.37. The number of benzene rings is 2. The van der Waals surface area contributed by atoms with Crippen molar-refractivity contribution in [1.29, 1.82) is 0 Å². The molecule has 2 aromatic rings. The van der Waals surface area contributed by atoms with Crippen LogP contribution in [-0.2, 0) is 17.8 Å². The Morgan fingerprint density at radius 1 is 0.871 bits per heavy atom. The van der Waals surface area contributed by atoms with Crippen LogP contribution in [0.25, 0.3) is 0 Å². The third-order valence-corrected chi connectivity index (χ3v) is 4.53. The van der Waals surface area contributed by atoms with Gasteiger partial charge in [0, 0.05) is 26.3 Å². The minimum Gasteiger partial charge on any atom is -0.497 e. The molecule has 0 radical (unpaired) electrons. The number of hydrogen-bond donors (Lipinski definition) is 2. The van der Waals surface area contributed by atoms with Crippen molar-refractivity contribution < 1.29 is 18.9 Å². The molecule has 2 N–H and O–H groups in total. The summed E-state index contributed by atoms with van der Waals surface area (Å²) in [6.07, 6.45) is 0.911. The second-order valence-corrected chi connectivity index (χ2v) is 6.76. The monoisotopic (exact) mass is 429 g/mol. The number of rotatable bonds is 13. The zero-order chi connectivity index (χ0) is 22.3. The molecule has 0 saturated carbocycles. The summed E-state index contributed by atoms with van der Waals surface area (Å²) in [6.45, 7) is 7.97. The Labute approximate surface area is 185 Å². The SMILES string of the molecule is CCOCCCNC(=NCc1ccc(OCC)c(OC)c1)NCc1ccc(OC)cc1. The molecule has 7 nitrogen and oxygen atoms in total. The highest BCUT2D eigenvalue weighted by molar-refractivity contribution is 5.79. The maximum atomic E-state index is 5.59. The lowest BCUT2D eigenvalue weighted by atomic mass is 10.2. The fourth-order valence-electron chi connectivity index (χ4n) is 2.88. The molecule has 0 aliphatic carbocycles. The molecule has 0 aromatic heterocycles. The average Bonchev–Trinajstić information content (AvgIpc) is 2.81. The number of guanidine groups is 1. The maximum Gasteiger partial charge on any atom is 0.191 e. The fraction of sp³-hybridized carbons (Fsp3) is 0.458. The predicted molar refractivity (Wildman–Crippen MR) is 124 cm³/mol. The van der Waals surface area contributed by atoms with Crippen LogP contribution < -0.4 is 24.8 Å². The first-order chi connectivity index (χ1) is 15.2. The molecule has 0 unspecified atom stereocenters. The minimum absolute atomic E-state index is 0.520. The highest BCUT2D eigenvalue weighted by Crippen LogP contribution is 2.28. The van der Waals surface area contributed by atoms with E-state index in [-0.39, 0.29) is 0 Å². The minimum atomic E-state index is 0.520. The van der Waals surface area contributed by atoms with Gasteiger partial charge in [0.1, 0.15) is 5.75 Å². The molecular formula is C24H35N3O4. The van der Waals surface area contributed by atoms with Gasteiger partial charge in [-0.15, -0.1) is 0 Å². The van der Waals surface area contributed by atoms with Crippen LogP contribution in [0, 0.1) is 0 Å². The van der Waals surface area contributed by atoms with Crippen LogP contribution in [0.15, 0.2) is 47.5 Å². The van der Waals surface area contributed by atoms with Crippen molar-refractivity contribution in [2.45, 2.75) is 33.4 Å². The zero-order valence-electron chi connectivity index (χ0n) is 19.1. The zero-order valence-corrected chi connectivity index (χ0v) is 19.1. The smallest absolute Gasteiger partial charge is 0.191 e. The van der Waals surface area contributed by atoms with Crippen molar-refractivity contribution in [3.63, 3.8) is 0 Å². The van der Waals surface area contributed by atoms with Gasteiger partial charge in [0.15, 0.2) is 17.5 Å². The Bertz CT molecular complexity index is 794. The molecule has 0 bridgehead atoms. The molecule has 2 aromatic carbocycles. The molecule has 0 atom stereocenters. The molecule has 170 valence electrons. The van der Waals surface area contributed by atoms with Crippen molar-refractivity contribution in [1.82, 2.24) is 10.6 Å². The van der Waals surface area contributed by atoms with Crippen molar-refractivity contribution in [2.24, 2.45) is 4.99 Å². The number of ether oxygens (including phenoxy) is 4. The van der Waals surface area contributed by atoms with Crippen molar-refractivity contribution in [2.75, 3.05) is 40.6 Å². The first-order valence-electron chi connectivity index (χ1n) is 10.7. The Kier molecular flexibility index (Phi) is 11.1. The number of hydrogen-bond acceptors (Lipinski definition) is 5. The summed E-state index contributed by atoms with van der Waals surface area (Å²) in [5, 5.41) is 6.78. The molecule has 0 saturated heterocycles.